The predicted molar refractivity (Wildman–Crippen MR) is 312 cm³/mol. The molecule has 0 saturated heterocycles. The molecule has 0 aliphatic rings. The van der Waals surface area contributed by atoms with Gasteiger partial charge in [0, 0.05) is 43.4 Å². The van der Waals surface area contributed by atoms with Crippen LogP contribution < -0.4 is 0 Å². The van der Waals surface area contributed by atoms with Gasteiger partial charge in [-0.1, -0.05) is 180 Å². The van der Waals surface area contributed by atoms with Gasteiger partial charge >= 0.3 is 0 Å². The van der Waals surface area contributed by atoms with E-state index in [1.165, 1.54) is 22.3 Å². The summed E-state index contributed by atoms with van der Waals surface area (Å²) in [4.78, 5) is 15.4. The van der Waals surface area contributed by atoms with Gasteiger partial charge in [-0.3, -0.25) is 0 Å². The number of rotatable bonds is 5. The fourth-order valence-electron chi connectivity index (χ4n) is 10.9. The van der Waals surface area contributed by atoms with Crippen molar-refractivity contribution < 1.29 is 4.42 Å². The monoisotopic (exact) mass is 978 g/mol. The summed E-state index contributed by atoms with van der Waals surface area (Å²) in [7, 11) is 0. The van der Waals surface area contributed by atoms with E-state index in [0.717, 1.165) is 76.8 Å². The van der Waals surface area contributed by atoms with Gasteiger partial charge in [-0.2, -0.15) is 5.26 Å². The lowest BCUT2D eigenvalue weighted by atomic mass is 9.85. The maximum absolute atomic E-state index is 12.1. The van der Waals surface area contributed by atoms with E-state index in [1.54, 1.807) is 0 Å². The lowest BCUT2D eigenvalue weighted by Crippen LogP contribution is -2.10. The van der Waals surface area contributed by atoms with Crippen molar-refractivity contribution in [3.8, 4) is 51.6 Å². The van der Waals surface area contributed by atoms with Crippen molar-refractivity contribution in [1.29, 1.82) is 5.26 Å². The molecule has 8 aromatic carbocycles. The van der Waals surface area contributed by atoms with E-state index >= 15 is 0 Å². The first-order valence-electron chi connectivity index (χ1n) is 26.2. The number of para-hydroxylation sites is 1. The molecule has 0 atom stereocenters. The number of hydrogen-bond acceptors (Lipinski definition) is 5. The zero-order valence-electron chi connectivity index (χ0n) is 45.1. The van der Waals surface area contributed by atoms with Gasteiger partial charge in [0.05, 0.1) is 33.3 Å². The minimum atomic E-state index is -0.101. The third-order valence-electron chi connectivity index (χ3n) is 15.3. The number of fused-ring (bicyclic) bond motifs is 9. The Morgan fingerprint density at radius 3 is 1.19 bits per heavy atom. The molecule has 7 nitrogen and oxygen atoms in total. The van der Waals surface area contributed by atoms with Crippen LogP contribution in [0.5, 0.6) is 0 Å². The van der Waals surface area contributed by atoms with Crippen molar-refractivity contribution in [3.05, 3.63) is 186 Å². The molecule has 0 aliphatic heterocycles. The lowest BCUT2D eigenvalue weighted by Gasteiger charge is -2.20. The molecule has 0 bridgehead atoms. The largest absolute Gasteiger partial charge is 0.453 e. The Balaban J connectivity index is 1.25. The molecule has 0 saturated carbocycles. The van der Waals surface area contributed by atoms with Crippen LogP contribution in [0.4, 0.5) is 0 Å². The first-order chi connectivity index (χ1) is 35.7. The second-order valence-corrected chi connectivity index (χ2v) is 24.5. The summed E-state index contributed by atoms with van der Waals surface area (Å²) in [6.07, 6.45) is 0. The van der Waals surface area contributed by atoms with Crippen molar-refractivity contribution in [2.24, 2.45) is 0 Å². The second-order valence-electron chi connectivity index (χ2n) is 24.5. The van der Waals surface area contributed by atoms with E-state index in [-0.39, 0.29) is 21.7 Å². The summed E-state index contributed by atoms with van der Waals surface area (Å²) in [6, 6.07) is 58.7. The molecule has 370 valence electrons. The quantitative estimate of drug-likeness (QED) is 0.171. The van der Waals surface area contributed by atoms with Gasteiger partial charge in [-0.05, 0) is 105 Å². The van der Waals surface area contributed by atoms with E-state index in [4.69, 9.17) is 19.4 Å². The van der Waals surface area contributed by atoms with Crippen LogP contribution in [0.15, 0.2) is 162 Å². The van der Waals surface area contributed by atoms with Gasteiger partial charge in [0.25, 0.3) is 0 Å². The molecule has 4 aromatic heterocycles. The average molecular weight is 979 g/mol. The fourth-order valence-corrected chi connectivity index (χ4v) is 10.9. The standard InChI is InChI=1S/C68H62N6O/c1-65(2,3)42-26-30-54-48(34-42)49-35-43(66(4,5)6)27-31-55(49)73(54)58-38-52-46-24-19-25-47(64-71-62(40-20-15-13-16-21-40)70-63(72-64)41-22-17-14-18-23-41)60(46)75-61(52)59(53(58)39-69)74-56-32-28-44(67(7,8)9)36-50(56)51-37-45(68(10,11)12)29-33-57(51)74/h13-38H,1-12H3. The maximum atomic E-state index is 12.1. The van der Waals surface area contributed by atoms with E-state index < -0.39 is 0 Å². The topological polar surface area (TPSA) is 85.5 Å². The number of hydrogen-bond donors (Lipinski definition) is 0. The zero-order valence-corrected chi connectivity index (χ0v) is 45.1. The molecule has 7 heteroatoms. The Kier molecular flexibility index (Phi) is 10.7. The van der Waals surface area contributed by atoms with Crippen LogP contribution in [0.1, 0.15) is 111 Å². The Morgan fingerprint density at radius 2 is 0.787 bits per heavy atom. The van der Waals surface area contributed by atoms with Crippen molar-refractivity contribution in [3.63, 3.8) is 0 Å². The zero-order chi connectivity index (χ0) is 52.5. The molecule has 0 unspecified atom stereocenters. The molecule has 0 N–H and O–H groups in total. The van der Waals surface area contributed by atoms with Crippen LogP contribution in [0.3, 0.4) is 0 Å². The molecule has 0 radical (unpaired) electrons. The van der Waals surface area contributed by atoms with E-state index in [0.29, 0.717) is 39.9 Å². The highest BCUT2D eigenvalue weighted by Crippen LogP contribution is 2.47. The Hall–Kier alpha value is -8.34. The maximum Gasteiger partial charge on any atom is 0.167 e. The van der Waals surface area contributed by atoms with Gasteiger partial charge in [-0.25, -0.2) is 15.0 Å². The summed E-state index contributed by atoms with van der Waals surface area (Å²) in [5, 5.41) is 18.4. The van der Waals surface area contributed by atoms with Crippen molar-refractivity contribution >= 4 is 65.6 Å². The third kappa shape index (κ3) is 7.89. The normalized spacial score (nSPS) is 12.8. The third-order valence-corrected chi connectivity index (χ3v) is 15.3. The number of aromatic nitrogens is 5. The number of benzene rings is 8. The van der Waals surface area contributed by atoms with Crippen LogP contribution in [-0.2, 0) is 21.7 Å². The molecule has 12 aromatic rings. The molecule has 75 heavy (non-hydrogen) atoms. The highest BCUT2D eigenvalue weighted by atomic mass is 16.3. The van der Waals surface area contributed by atoms with Crippen molar-refractivity contribution in [2.45, 2.75) is 105 Å². The predicted octanol–water partition coefficient (Wildman–Crippen LogP) is 18.0. The van der Waals surface area contributed by atoms with E-state index in [9.17, 15) is 5.26 Å². The summed E-state index contributed by atoms with van der Waals surface area (Å²) >= 11 is 0. The van der Waals surface area contributed by atoms with Gasteiger partial charge in [-0.15, -0.1) is 0 Å². The molecular weight excluding hydrogens is 917 g/mol. The minimum Gasteiger partial charge on any atom is -0.453 e. The first kappa shape index (κ1) is 47.7. The van der Waals surface area contributed by atoms with Crippen LogP contribution in [0, 0.1) is 11.3 Å². The molecular formula is C68H62N6O. The SMILES string of the molecule is CC(C)(C)c1ccc2c(c1)c1cc(C(C)(C)C)ccc1n2-c1cc2c(oc3c(-c4nc(-c5ccccc5)nc(-c5ccccc5)n4)cccc32)c(-n2c3ccc(C(C)(C)C)cc3c3cc(C(C)(C)C)ccc32)c1C#N. The summed E-state index contributed by atoms with van der Waals surface area (Å²) < 4.78 is 12.1. The van der Waals surface area contributed by atoms with Gasteiger partial charge in [0.2, 0.25) is 0 Å². The van der Waals surface area contributed by atoms with Gasteiger partial charge in [0.1, 0.15) is 22.9 Å². The summed E-state index contributed by atoms with van der Waals surface area (Å²) in [5.41, 5.74) is 14.3. The summed E-state index contributed by atoms with van der Waals surface area (Å²) in [6.45, 7) is 27.2. The minimum absolute atomic E-state index is 0.0833. The highest BCUT2D eigenvalue weighted by Gasteiger charge is 2.30. The molecule has 4 heterocycles. The van der Waals surface area contributed by atoms with E-state index in [2.05, 4.69) is 189 Å². The lowest BCUT2D eigenvalue weighted by molar-refractivity contribution is 0.590. The van der Waals surface area contributed by atoms with Gasteiger partial charge < -0.3 is 13.6 Å². The molecule has 0 aliphatic carbocycles. The second kappa shape index (κ2) is 16.8. The smallest absolute Gasteiger partial charge is 0.167 e. The van der Waals surface area contributed by atoms with E-state index in [1.807, 2.05) is 66.7 Å². The van der Waals surface area contributed by atoms with Crippen molar-refractivity contribution in [1.82, 2.24) is 24.1 Å². The Bertz CT molecular complexity index is 4120. The number of furan rings is 1. The fraction of sp³-hybridized carbons (Fsp3) is 0.235. The average Bonchev–Trinajstić information content (AvgIpc) is 4.08. The van der Waals surface area contributed by atoms with Crippen LogP contribution in [-0.4, -0.2) is 24.1 Å². The van der Waals surface area contributed by atoms with Gasteiger partial charge in [0.15, 0.2) is 23.1 Å². The van der Waals surface area contributed by atoms with Crippen LogP contribution in [0.25, 0.3) is 111 Å². The first-order valence-corrected chi connectivity index (χ1v) is 26.2. The Labute approximate surface area is 439 Å². The summed E-state index contributed by atoms with van der Waals surface area (Å²) in [5.74, 6) is 1.61. The highest BCUT2D eigenvalue weighted by molar-refractivity contribution is 6.17. The molecule has 0 spiro atoms. The number of nitrogens with zero attached hydrogens (tertiary/aromatic N) is 6. The van der Waals surface area contributed by atoms with Crippen LogP contribution >= 0.6 is 0 Å². The Morgan fingerprint density at radius 1 is 0.387 bits per heavy atom. The van der Waals surface area contributed by atoms with Crippen LogP contribution in [0.2, 0.25) is 0 Å². The number of nitriles is 1. The van der Waals surface area contributed by atoms with Crippen molar-refractivity contribution in [2.75, 3.05) is 0 Å². The molecule has 0 amide bonds. The molecule has 12 rings (SSSR count). The molecule has 0 fully saturated rings.